The van der Waals surface area contributed by atoms with Crippen molar-refractivity contribution in [2.45, 2.75) is 43.9 Å². The smallest absolute Gasteiger partial charge is 0.123 e. The maximum Gasteiger partial charge on any atom is 0.123 e. The minimum atomic E-state index is 0.226. The van der Waals surface area contributed by atoms with Crippen LogP contribution in [0.15, 0.2) is 24.3 Å². The van der Waals surface area contributed by atoms with Gasteiger partial charge in [0.25, 0.3) is 0 Å². The van der Waals surface area contributed by atoms with Crippen LogP contribution >= 0.6 is 27.3 Å². The van der Waals surface area contributed by atoms with E-state index in [0.29, 0.717) is 0 Å². The summed E-state index contributed by atoms with van der Waals surface area (Å²) in [7, 11) is 1.75. The molecule has 0 bridgehead atoms. The number of thiophene rings is 1. The topological polar surface area (TPSA) is 9.23 Å². The molecule has 1 heterocycles. The van der Waals surface area contributed by atoms with Crippen molar-refractivity contribution in [3.63, 3.8) is 0 Å². The van der Waals surface area contributed by atoms with Crippen LogP contribution in [-0.2, 0) is 12.8 Å². The van der Waals surface area contributed by atoms with Crippen molar-refractivity contribution in [2.24, 2.45) is 0 Å². The SMILES string of the molecule is COc1ccc(C)cc1C(Br)c1cc2c(s1)CCCCC2. The fourth-order valence-corrected chi connectivity index (χ4v) is 5.05. The van der Waals surface area contributed by atoms with E-state index in [0.717, 1.165) is 5.75 Å². The Morgan fingerprint density at radius 3 is 2.76 bits per heavy atom. The lowest BCUT2D eigenvalue weighted by molar-refractivity contribution is 0.410. The fourth-order valence-electron chi connectivity index (χ4n) is 3.02. The van der Waals surface area contributed by atoms with Gasteiger partial charge in [-0.05, 0) is 50.3 Å². The highest BCUT2D eigenvalue weighted by Gasteiger charge is 2.20. The summed E-state index contributed by atoms with van der Waals surface area (Å²) in [5.41, 5.74) is 4.07. The third-order valence-electron chi connectivity index (χ3n) is 4.17. The molecule has 1 atom stereocenters. The van der Waals surface area contributed by atoms with Gasteiger partial charge >= 0.3 is 0 Å². The summed E-state index contributed by atoms with van der Waals surface area (Å²) in [5.74, 6) is 0.964. The molecule has 0 N–H and O–H groups in total. The van der Waals surface area contributed by atoms with E-state index in [1.54, 1.807) is 17.6 Å². The van der Waals surface area contributed by atoms with Gasteiger partial charge in [-0.1, -0.05) is 40.0 Å². The lowest BCUT2D eigenvalue weighted by Crippen LogP contribution is -1.96. The van der Waals surface area contributed by atoms with E-state index >= 15 is 0 Å². The molecular formula is C18H21BrOS. The lowest BCUT2D eigenvalue weighted by atomic mass is 10.1. The Hall–Kier alpha value is -0.800. The minimum Gasteiger partial charge on any atom is -0.496 e. The largest absolute Gasteiger partial charge is 0.496 e. The average molecular weight is 365 g/mol. The number of hydrogen-bond donors (Lipinski definition) is 0. The Bertz CT molecular complexity index is 609. The number of methoxy groups -OCH3 is 1. The predicted octanol–water partition coefficient (Wildman–Crippen LogP) is 5.82. The van der Waals surface area contributed by atoms with Gasteiger partial charge in [-0.2, -0.15) is 0 Å². The molecule has 1 nitrogen and oxygen atoms in total. The van der Waals surface area contributed by atoms with Crippen molar-refractivity contribution in [2.75, 3.05) is 7.11 Å². The number of halogens is 1. The second-order valence-electron chi connectivity index (χ2n) is 5.77. The minimum absolute atomic E-state index is 0.226. The van der Waals surface area contributed by atoms with E-state index in [-0.39, 0.29) is 4.83 Å². The van der Waals surface area contributed by atoms with E-state index in [1.165, 1.54) is 48.1 Å². The van der Waals surface area contributed by atoms with E-state index < -0.39 is 0 Å². The van der Waals surface area contributed by atoms with Crippen molar-refractivity contribution in [3.8, 4) is 5.75 Å². The Morgan fingerprint density at radius 2 is 1.95 bits per heavy atom. The van der Waals surface area contributed by atoms with Crippen molar-refractivity contribution in [1.29, 1.82) is 0 Å². The molecule has 112 valence electrons. The molecule has 3 heteroatoms. The Balaban J connectivity index is 1.95. The normalized spacial score (nSPS) is 16.1. The van der Waals surface area contributed by atoms with E-state index in [9.17, 15) is 0 Å². The summed E-state index contributed by atoms with van der Waals surface area (Å²) in [6, 6.07) is 8.80. The summed E-state index contributed by atoms with van der Waals surface area (Å²) in [4.78, 5) is 3.23. The summed E-state index contributed by atoms with van der Waals surface area (Å²) in [6.45, 7) is 2.13. The van der Waals surface area contributed by atoms with Gasteiger partial charge in [-0.15, -0.1) is 11.3 Å². The Kier molecular flexibility index (Phi) is 4.70. The van der Waals surface area contributed by atoms with Crippen LogP contribution in [0, 0.1) is 6.92 Å². The summed E-state index contributed by atoms with van der Waals surface area (Å²) >= 11 is 5.87. The molecule has 0 fully saturated rings. The van der Waals surface area contributed by atoms with Gasteiger partial charge in [0.15, 0.2) is 0 Å². The van der Waals surface area contributed by atoms with Crippen LogP contribution in [0.2, 0.25) is 0 Å². The van der Waals surface area contributed by atoms with Crippen molar-refractivity contribution < 1.29 is 4.74 Å². The molecule has 2 aromatic rings. The predicted molar refractivity (Wildman–Crippen MR) is 94.1 cm³/mol. The zero-order valence-corrected chi connectivity index (χ0v) is 15.0. The highest BCUT2D eigenvalue weighted by molar-refractivity contribution is 9.09. The number of ether oxygens (including phenoxy) is 1. The van der Waals surface area contributed by atoms with Gasteiger partial charge in [0.2, 0.25) is 0 Å². The molecule has 1 aromatic heterocycles. The molecule has 1 aromatic carbocycles. The molecule has 0 saturated heterocycles. The standard InChI is InChI=1S/C18H21BrOS/c1-12-8-9-15(20-2)14(10-12)18(19)17-11-13-6-4-3-5-7-16(13)21-17/h8-11,18H,3-7H2,1-2H3. The number of aryl methyl sites for hydroxylation is 3. The summed E-state index contributed by atoms with van der Waals surface area (Å²) in [6.07, 6.45) is 6.55. The molecule has 21 heavy (non-hydrogen) atoms. The number of alkyl halides is 1. The first-order valence-corrected chi connectivity index (χ1v) is 9.32. The first kappa shape index (κ1) is 15.1. The van der Waals surface area contributed by atoms with Gasteiger partial charge in [0.05, 0.1) is 11.9 Å². The molecule has 1 unspecified atom stereocenters. The van der Waals surface area contributed by atoms with Gasteiger partial charge in [0.1, 0.15) is 5.75 Å². The average Bonchev–Trinajstić information content (AvgIpc) is 2.77. The third-order valence-corrected chi connectivity index (χ3v) is 6.77. The first-order chi connectivity index (χ1) is 10.2. The Morgan fingerprint density at radius 1 is 1.14 bits per heavy atom. The van der Waals surface area contributed by atoms with Crippen LogP contribution in [-0.4, -0.2) is 7.11 Å². The van der Waals surface area contributed by atoms with Gasteiger partial charge in [0, 0.05) is 15.3 Å². The van der Waals surface area contributed by atoms with Crippen LogP contribution in [0.3, 0.4) is 0 Å². The number of fused-ring (bicyclic) bond motifs is 1. The van der Waals surface area contributed by atoms with Crippen LogP contribution < -0.4 is 4.74 Å². The van der Waals surface area contributed by atoms with Gasteiger partial charge < -0.3 is 4.74 Å². The molecule has 1 aliphatic carbocycles. The van der Waals surface area contributed by atoms with Crippen LogP contribution in [0.25, 0.3) is 0 Å². The van der Waals surface area contributed by atoms with E-state index in [2.05, 4.69) is 47.1 Å². The molecule has 0 radical (unpaired) electrons. The van der Waals surface area contributed by atoms with Crippen molar-refractivity contribution in [3.05, 3.63) is 50.7 Å². The quantitative estimate of drug-likeness (QED) is 0.492. The van der Waals surface area contributed by atoms with Gasteiger partial charge in [-0.3, -0.25) is 0 Å². The highest BCUT2D eigenvalue weighted by Crippen LogP contribution is 2.42. The van der Waals surface area contributed by atoms with Crippen molar-refractivity contribution in [1.82, 2.24) is 0 Å². The molecule has 0 spiro atoms. The molecule has 3 rings (SSSR count). The molecular weight excluding hydrogens is 344 g/mol. The van der Waals surface area contributed by atoms with E-state index in [1.807, 2.05) is 11.3 Å². The van der Waals surface area contributed by atoms with Crippen LogP contribution in [0.5, 0.6) is 5.75 Å². The maximum atomic E-state index is 5.54. The zero-order valence-electron chi connectivity index (χ0n) is 12.6. The zero-order chi connectivity index (χ0) is 14.8. The summed E-state index contributed by atoms with van der Waals surface area (Å²) < 4.78 is 5.54. The second kappa shape index (κ2) is 6.53. The number of hydrogen-bond acceptors (Lipinski definition) is 2. The molecule has 0 aliphatic heterocycles. The summed E-state index contributed by atoms with van der Waals surface area (Å²) in [5, 5.41) is 0. The van der Waals surface area contributed by atoms with Crippen LogP contribution in [0.4, 0.5) is 0 Å². The highest BCUT2D eigenvalue weighted by atomic mass is 79.9. The first-order valence-electron chi connectivity index (χ1n) is 7.59. The molecule has 0 amide bonds. The monoisotopic (exact) mass is 364 g/mol. The van der Waals surface area contributed by atoms with Crippen molar-refractivity contribution >= 4 is 27.3 Å². The lowest BCUT2D eigenvalue weighted by Gasteiger charge is -2.14. The fraction of sp³-hybridized carbons (Fsp3) is 0.444. The van der Waals surface area contributed by atoms with Crippen LogP contribution in [0.1, 0.15) is 50.5 Å². The second-order valence-corrected chi connectivity index (χ2v) is 7.85. The number of benzene rings is 1. The van der Waals surface area contributed by atoms with E-state index in [4.69, 9.17) is 4.74 Å². The number of rotatable bonds is 3. The third kappa shape index (κ3) is 3.19. The van der Waals surface area contributed by atoms with Gasteiger partial charge in [-0.25, -0.2) is 0 Å². The molecule has 0 saturated carbocycles. The maximum absolute atomic E-state index is 5.54. The molecule has 1 aliphatic rings. The Labute approximate surface area is 139 Å².